The van der Waals surface area contributed by atoms with Crippen LogP contribution >= 0.6 is 27.5 Å². The van der Waals surface area contributed by atoms with Crippen molar-refractivity contribution in [3.8, 4) is 0 Å². The summed E-state index contributed by atoms with van der Waals surface area (Å²) in [5, 5.41) is 9.30. The first kappa shape index (κ1) is 11.8. The highest BCUT2D eigenvalue weighted by Crippen LogP contribution is 2.23. The average molecular weight is 319 g/mol. The van der Waals surface area contributed by atoms with Crippen LogP contribution in [-0.2, 0) is 0 Å². The minimum atomic E-state index is -0.578. The maximum absolute atomic E-state index is 11.7. The summed E-state index contributed by atoms with van der Waals surface area (Å²) in [5.74, 6) is -0.674. The van der Waals surface area contributed by atoms with Gasteiger partial charge in [0, 0.05) is 10.7 Å². The zero-order valence-corrected chi connectivity index (χ0v) is 10.5. The number of halogens is 2. The zero-order chi connectivity index (χ0) is 12.4. The molecule has 0 aliphatic rings. The summed E-state index contributed by atoms with van der Waals surface area (Å²) in [6.45, 7) is 0. The predicted octanol–water partition coefficient (Wildman–Crippen LogP) is 1.71. The molecule has 7 nitrogen and oxygen atoms in total. The van der Waals surface area contributed by atoms with Crippen LogP contribution in [0.2, 0.25) is 5.15 Å². The van der Waals surface area contributed by atoms with Gasteiger partial charge in [-0.2, -0.15) is 0 Å². The predicted molar refractivity (Wildman–Crippen MR) is 63.6 cm³/mol. The number of nitrogens with zero attached hydrogens (tertiary/aromatic N) is 3. The van der Waals surface area contributed by atoms with E-state index in [0.29, 0.717) is 10.2 Å². The first-order valence-electron chi connectivity index (χ1n) is 4.28. The van der Waals surface area contributed by atoms with Crippen LogP contribution in [0.25, 0.3) is 0 Å². The lowest BCUT2D eigenvalue weighted by molar-refractivity contribution is 0.101. The molecule has 2 aromatic rings. The molecule has 0 atom stereocenters. The Labute approximate surface area is 108 Å². The summed E-state index contributed by atoms with van der Waals surface area (Å²) in [7, 11) is 0. The molecule has 0 fully saturated rings. The van der Waals surface area contributed by atoms with E-state index in [-0.39, 0.29) is 16.7 Å². The molecule has 0 saturated heterocycles. The molecule has 0 aliphatic heterocycles. The van der Waals surface area contributed by atoms with E-state index >= 15 is 0 Å². The number of nitrogens with two attached hydrogens (primary N) is 1. The Morgan fingerprint density at radius 1 is 1.53 bits per heavy atom. The van der Waals surface area contributed by atoms with E-state index in [1.807, 2.05) is 0 Å². The van der Waals surface area contributed by atoms with Crippen molar-refractivity contribution in [2.45, 2.75) is 0 Å². The van der Waals surface area contributed by atoms with Gasteiger partial charge in [0.25, 0.3) is 5.91 Å². The fraction of sp³-hybridized carbons (Fsp3) is 0. The number of nitrogens with one attached hydrogen (secondary N) is 1. The molecule has 0 aliphatic carbocycles. The summed E-state index contributed by atoms with van der Waals surface area (Å²) >= 11 is 9.01. The van der Waals surface area contributed by atoms with Gasteiger partial charge >= 0.3 is 0 Å². The number of carbonyl (C=O) groups excluding carboxylic acids is 1. The van der Waals surface area contributed by atoms with E-state index in [0.717, 1.165) is 0 Å². The molecule has 0 saturated carbocycles. The summed E-state index contributed by atoms with van der Waals surface area (Å²) in [6.07, 6.45) is 1.50. The second-order valence-electron chi connectivity index (χ2n) is 2.94. The fourth-order valence-electron chi connectivity index (χ4n) is 1.04. The quantitative estimate of drug-likeness (QED) is 0.816. The van der Waals surface area contributed by atoms with E-state index in [4.69, 9.17) is 17.3 Å². The molecule has 2 heterocycles. The number of aromatic nitrogens is 3. The number of anilines is 2. The van der Waals surface area contributed by atoms with Gasteiger partial charge in [0.05, 0.1) is 5.69 Å². The van der Waals surface area contributed by atoms with Crippen LogP contribution in [0.5, 0.6) is 0 Å². The monoisotopic (exact) mass is 317 g/mol. The maximum atomic E-state index is 11.7. The number of hydrogen-bond acceptors (Lipinski definition) is 6. The number of amides is 1. The molecule has 2 aromatic heterocycles. The largest absolute Gasteiger partial charge is 0.379 e. The Kier molecular flexibility index (Phi) is 3.25. The average Bonchev–Trinajstić information content (AvgIpc) is 2.70. The van der Waals surface area contributed by atoms with Gasteiger partial charge in [0.2, 0.25) is 11.5 Å². The van der Waals surface area contributed by atoms with Gasteiger partial charge in [-0.15, -0.1) is 0 Å². The van der Waals surface area contributed by atoms with Crippen molar-refractivity contribution in [1.82, 2.24) is 15.3 Å². The minimum Gasteiger partial charge on any atom is -0.379 e. The first-order chi connectivity index (χ1) is 8.08. The Hall–Kier alpha value is -1.67. The van der Waals surface area contributed by atoms with Gasteiger partial charge in [0.15, 0.2) is 5.15 Å². The molecule has 0 unspecified atom stereocenters. The fourth-order valence-corrected chi connectivity index (χ4v) is 1.53. The molecule has 0 radical (unpaired) electrons. The lowest BCUT2D eigenvalue weighted by Crippen LogP contribution is -2.14. The van der Waals surface area contributed by atoms with Crippen LogP contribution in [0, 0.1) is 0 Å². The topological polar surface area (TPSA) is 107 Å². The van der Waals surface area contributed by atoms with Gasteiger partial charge in [-0.3, -0.25) is 4.79 Å². The first-order valence-corrected chi connectivity index (χ1v) is 5.45. The zero-order valence-electron chi connectivity index (χ0n) is 8.15. The highest BCUT2D eigenvalue weighted by atomic mass is 79.9. The molecule has 3 N–H and O–H groups in total. The molecule has 9 heteroatoms. The van der Waals surface area contributed by atoms with Crippen LogP contribution in [0.3, 0.4) is 0 Å². The molecule has 88 valence electrons. The van der Waals surface area contributed by atoms with Crippen LogP contribution in [-0.4, -0.2) is 21.2 Å². The molecular formula is C8H5BrClN5O2. The van der Waals surface area contributed by atoms with Crippen molar-refractivity contribution in [3.05, 3.63) is 27.6 Å². The van der Waals surface area contributed by atoms with Gasteiger partial charge in [-0.25, -0.2) is 9.61 Å². The molecular weight excluding hydrogens is 313 g/mol. The SMILES string of the molecule is Nc1nonc1C(=O)Nc1cc(Br)cnc1Cl. The van der Waals surface area contributed by atoms with Crippen molar-refractivity contribution < 1.29 is 9.42 Å². The number of hydrogen-bond donors (Lipinski definition) is 2. The maximum Gasteiger partial charge on any atom is 0.281 e. The molecule has 0 bridgehead atoms. The number of nitrogen functional groups attached to an aromatic ring is 1. The van der Waals surface area contributed by atoms with Gasteiger partial charge in [-0.1, -0.05) is 11.6 Å². The summed E-state index contributed by atoms with van der Waals surface area (Å²) < 4.78 is 4.98. The van der Waals surface area contributed by atoms with E-state index in [1.165, 1.54) is 6.20 Å². The molecule has 2 rings (SSSR count). The van der Waals surface area contributed by atoms with Crippen LogP contribution in [0.1, 0.15) is 10.5 Å². The number of carbonyl (C=O) groups is 1. The normalized spacial score (nSPS) is 10.2. The highest BCUT2D eigenvalue weighted by molar-refractivity contribution is 9.10. The summed E-state index contributed by atoms with van der Waals surface area (Å²) in [5.41, 5.74) is 5.59. The minimum absolute atomic E-state index is 0.0958. The van der Waals surface area contributed by atoms with Crippen LogP contribution in [0.15, 0.2) is 21.4 Å². The lowest BCUT2D eigenvalue weighted by Gasteiger charge is -2.04. The van der Waals surface area contributed by atoms with Crippen molar-refractivity contribution in [1.29, 1.82) is 0 Å². The second-order valence-corrected chi connectivity index (χ2v) is 4.22. The molecule has 17 heavy (non-hydrogen) atoms. The Balaban J connectivity index is 2.24. The standard InChI is InChI=1S/C8H5BrClN5O2/c9-3-1-4(6(10)12-2-3)13-8(16)5-7(11)15-17-14-5/h1-2H,(H2,11,15)(H,13,16). The third kappa shape index (κ3) is 2.53. The van der Waals surface area contributed by atoms with Crippen LogP contribution in [0.4, 0.5) is 11.5 Å². The lowest BCUT2D eigenvalue weighted by atomic mass is 10.3. The van der Waals surface area contributed by atoms with E-state index in [2.05, 4.69) is 41.2 Å². The Bertz CT molecular complexity index is 573. The summed E-state index contributed by atoms with van der Waals surface area (Å²) in [4.78, 5) is 15.6. The number of pyridine rings is 1. The van der Waals surface area contributed by atoms with Crippen molar-refractivity contribution in [2.24, 2.45) is 0 Å². The third-order valence-corrected chi connectivity index (χ3v) is 2.52. The molecule has 0 aromatic carbocycles. The van der Waals surface area contributed by atoms with Crippen molar-refractivity contribution in [3.63, 3.8) is 0 Å². The van der Waals surface area contributed by atoms with Crippen molar-refractivity contribution >= 4 is 44.9 Å². The van der Waals surface area contributed by atoms with Crippen molar-refractivity contribution in [2.75, 3.05) is 11.1 Å². The third-order valence-electron chi connectivity index (χ3n) is 1.78. The van der Waals surface area contributed by atoms with E-state index in [1.54, 1.807) is 6.07 Å². The smallest absolute Gasteiger partial charge is 0.281 e. The second kappa shape index (κ2) is 4.68. The van der Waals surface area contributed by atoms with Crippen LogP contribution < -0.4 is 11.1 Å². The molecule has 1 amide bonds. The van der Waals surface area contributed by atoms with E-state index < -0.39 is 5.91 Å². The Morgan fingerprint density at radius 3 is 2.94 bits per heavy atom. The molecule has 0 spiro atoms. The Morgan fingerprint density at radius 2 is 2.29 bits per heavy atom. The summed E-state index contributed by atoms with van der Waals surface area (Å²) in [6, 6.07) is 1.59. The van der Waals surface area contributed by atoms with Gasteiger partial charge < -0.3 is 11.1 Å². The number of rotatable bonds is 2. The highest BCUT2D eigenvalue weighted by Gasteiger charge is 2.17. The van der Waals surface area contributed by atoms with Gasteiger partial charge in [0.1, 0.15) is 0 Å². The van der Waals surface area contributed by atoms with E-state index in [9.17, 15) is 4.79 Å². The van der Waals surface area contributed by atoms with Gasteiger partial charge in [-0.05, 0) is 32.3 Å².